The van der Waals surface area contributed by atoms with Gasteiger partial charge in [-0.05, 0) is 25.0 Å². The minimum atomic E-state index is -0.963. The molecule has 0 fully saturated rings. The second-order valence-corrected chi connectivity index (χ2v) is 5.95. The van der Waals surface area contributed by atoms with E-state index in [2.05, 4.69) is 15.5 Å². The van der Waals surface area contributed by atoms with Crippen molar-refractivity contribution in [1.29, 1.82) is 0 Å². The lowest BCUT2D eigenvalue weighted by Gasteiger charge is -2.33. The summed E-state index contributed by atoms with van der Waals surface area (Å²) in [5.41, 5.74) is 0.0224. The molecule has 1 unspecified atom stereocenters. The van der Waals surface area contributed by atoms with Gasteiger partial charge in [0.2, 0.25) is 0 Å². The average molecular weight is 316 g/mol. The molecule has 0 spiro atoms. The standard InChI is InChI=1S/C16H20N4O3/c1-11(2)16(3,9-14(21)22)18-15(23)13-10-17-20(19-13)12-7-5-4-6-8-12/h4-8,10-11H,9H2,1-3H3,(H,18,23)(H,21,22). The van der Waals surface area contributed by atoms with Gasteiger partial charge in [-0.1, -0.05) is 32.0 Å². The van der Waals surface area contributed by atoms with Crippen molar-refractivity contribution in [2.45, 2.75) is 32.7 Å². The third-order valence-corrected chi connectivity index (χ3v) is 3.90. The fourth-order valence-corrected chi connectivity index (χ4v) is 2.08. The predicted octanol–water partition coefficient (Wildman–Crippen LogP) is 1.89. The van der Waals surface area contributed by atoms with Crippen molar-refractivity contribution < 1.29 is 14.7 Å². The molecule has 7 nitrogen and oxygen atoms in total. The van der Waals surface area contributed by atoms with E-state index in [4.69, 9.17) is 5.11 Å². The van der Waals surface area contributed by atoms with Gasteiger partial charge in [0.05, 0.1) is 23.8 Å². The van der Waals surface area contributed by atoms with Crippen LogP contribution in [0.2, 0.25) is 0 Å². The molecular formula is C16H20N4O3. The van der Waals surface area contributed by atoms with Crippen LogP contribution >= 0.6 is 0 Å². The first-order valence-electron chi connectivity index (χ1n) is 7.34. The summed E-state index contributed by atoms with van der Waals surface area (Å²) in [6.07, 6.45) is 1.20. The Morgan fingerprint density at radius 2 is 1.96 bits per heavy atom. The Bertz CT molecular complexity index is 696. The number of carboxylic acid groups (broad SMARTS) is 1. The molecule has 0 bridgehead atoms. The Balaban J connectivity index is 2.17. The number of rotatable bonds is 6. The monoisotopic (exact) mass is 316 g/mol. The number of nitrogens with zero attached hydrogens (tertiary/aromatic N) is 3. The third-order valence-electron chi connectivity index (χ3n) is 3.90. The molecule has 0 saturated heterocycles. The Morgan fingerprint density at radius 3 is 2.52 bits per heavy atom. The van der Waals surface area contributed by atoms with Gasteiger partial charge in [-0.15, -0.1) is 5.10 Å². The molecule has 0 radical (unpaired) electrons. The number of aromatic nitrogens is 3. The normalized spacial score (nSPS) is 13.6. The Labute approximate surface area is 134 Å². The van der Waals surface area contributed by atoms with Gasteiger partial charge in [0, 0.05) is 0 Å². The minimum Gasteiger partial charge on any atom is -0.481 e. The first-order chi connectivity index (χ1) is 10.8. The van der Waals surface area contributed by atoms with Gasteiger partial charge in [0.1, 0.15) is 0 Å². The van der Waals surface area contributed by atoms with Crippen LogP contribution in [0, 0.1) is 5.92 Å². The summed E-state index contributed by atoms with van der Waals surface area (Å²) >= 11 is 0. The summed E-state index contributed by atoms with van der Waals surface area (Å²) in [6.45, 7) is 5.44. The van der Waals surface area contributed by atoms with E-state index in [1.54, 1.807) is 6.92 Å². The molecule has 1 amide bonds. The minimum absolute atomic E-state index is 0.0493. The maximum atomic E-state index is 12.4. The molecule has 2 N–H and O–H groups in total. The molecule has 0 aliphatic carbocycles. The van der Waals surface area contributed by atoms with E-state index >= 15 is 0 Å². The van der Waals surface area contributed by atoms with Crippen LogP contribution in [0.15, 0.2) is 36.5 Å². The van der Waals surface area contributed by atoms with Crippen LogP contribution in [0.25, 0.3) is 5.69 Å². The highest BCUT2D eigenvalue weighted by atomic mass is 16.4. The number of amides is 1. The summed E-state index contributed by atoms with van der Waals surface area (Å²) in [4.78, 5) is 24.8. The predicted molar refractivity (Wildman–Crippen MR) is 84.3 cm³/mol. The molecule has 2 aromatic rings. The SMILES string of the molecule is CC(C)C(C)(CC(=O)O)NC(=O)c1cnn(-c2ccccc2)n1. The van der Waals surface area contributed by atoms with Gasteiger partial charge in [0.25, 0.3) is 5.91 Å². The molecule has 1 aromatic heterocycles. The van der Waals surface area contributed by atoms with E-state index in [1.807, 2.05) is 44.2 Å². The number of benzene rings is 1. The van der Waals surface area contributed by atoms with Crippen molar-refractivity contribution >= 4 is 11.9 Å². The van der Waals surface area contributed by atoms with E-state index < -0.39 is 17.4 Å². The largest absolute Gasteiger partial charge is 0.481 e. The van der Waals surface area contributed by atoms with E-state index in [-0.39, 0.29) is 18.0 Å². The molecule has 1 heterocycles. The van der Waals surface area contributed by atoms with Crippen LogP contribution in [0.3, 0.4) is 0 Å². The van der Waals surface area contributed by atoms with Gasteiger partial charge in [-0.25, -0.2) is 0 Å². The molecule has 1 aromatic carbocycles. The van der Waals surface area contributed by atoms with Crippen molar-refractivity contribution in [3.8, 4) is 5.69 Å². The van der Waals surface area contributed by atoms with E-state index in [1.165, 1.54) is 11.0 Å². The van der Waals surface area contributed by atoms with Crippen LogP contribution in [0.4, 0.5) is 0 Å². The molecule has 2 rings (SSSR count). The topological polar surface area (TPSA) is 97.1 Å². The smallest absolute Gasteiger partial charge is 0.305 e. The van der Waals surface area contributed by atoms with Gasteiger partial charge in [-0.3, -0.25) is 9.59 Å². The number of hydrogen-bond acceptors (Lipinski definition) is 4. The quantitative estimate of drug-likeness (QED) is 0.848. The number of carbonyl (C=O) groups excluding carboxylic acids is 1. The Morgan fingerprint density at radius 1 is 1.30 bits per heavy atom. The zero-order valence-electron chi connectivity index (χ0n) is 13.4. The van der Waals surface area contributed by atoms with Crippen LogP contribution in [0.5, 0.6) is 0 Å². The number of carboxylic acids is 1. The van der Waals surface area contributed by atoms with Gasteiger partial charge >= 0.3 is 5.97 Å². The van der Waals surface area contributed by atoms with Gasteiger partial charge < -0.3 is 10.4 Å². The van der Waals surface area contributed by atoms with Crippen LogP contribution in [0.1, 0.15) is 37.7 Å². The number of para-hydroxylation sites is 1. The number of hydrogen-bond donors (Lipinski definition) is 2. The summed E-state index contributed by atoms with van der Waals surface area (Å²) in [7, 11) is 0. The maximum Gasteiger partial charge on any atom is 0.305 e. The van der Waals surface area contributed by atoms with Crippen LogP contribution in [-0.4, -0.2) is 37.5 Å². The van der Waals surface area contributed by atoms with Crippen molar-refractivity contribution in [3.63, 3.8) is 0 Å². The molecule has 122 valence electrons. The van der Waals surface area contributed by atoms with Crippen molar-refractivity contribution in [2.24, 2.45) is 5.92 Å². The number of nitrogens with one attached hydrogen (secondary N) is 1. The Hall–Kier alpha value is -2.70. The lowest BCUT2D eigenvalue weighted by atomic mass is 9.85. The second-order valence-electron chi connectivity index (χ2n) is 5.95. The first-order valence-corrected chi connectivity index (χ1v) is 7.34. The average Bonchev–Trinajstić information content (AvgIpc) is 2.97. The number of carbonyl (C=O) groups is 2. The molecule has 1 atom stereocenters. The van der Waals surface area contributed by atoms with E-state index in [0.717, 1.165) is 5.69 Å². The molecule has 0 aliphatic rings. The van der Waals surface area contributed by atoms with Crippen molar-refractivity contribution in [2.75, 3.05) is 0 Å². The summed E-state index contributed by atoms with van der Waals surface area (Å²) < 4.78 is 0. The lowest BCUT2D eigenvalue weighted by molar-refractivity contribution is -0.138. The Kier molecular flexibility index (Phi) is 4.78. The fourth-order valence-electron chi connectivity index (χ4n) is 2.08. The highest BCUT2D eigenvalue weighted by molar-refractivity contribution is 5.92. The summed E-state index contributed by atoms with van der Waals surface area (Å²) in [5, 5.41) is 20.0. The van der Waals surface area contributed by atoms with E-state index in [0.29, 0.717) is 0 Å². The van der Waals surface area contributed by atoms with E-state index in [9.17, 15) is 9.59 Å². The maximum absolute atomic E-state index is 12.4. The van der Waals surface area contributed by atoms with Crippen LogP contribution in [-0.2, 0) is 4.79 Å². The molecule has 0 aliphatic heterocycles. The van der Waals surface area contributed by atoms with Gasteiger partial charge in [-0.2, -0.15) is 9.90 Å². The summed E-state index contributed by atoms with van der Waals surface area (Å²) in [5.74, 6) is -1.45. The fraction of sp³-hybridized carbons (Fsp3) is 0.375. The summed E-state index contributed by atoms with van der Waals surface area (Å²) in [6, 6.07) is 9.22. The highest BCUT2D eigenvalue weighted by Gasteiger charge is 2.33. The molecule has 23 heavy (non-hydrogen) atoms. The molecule has 0 saturated carbocycles. The second kappa shape index (κ2) is 6.60. The van der Waals surface area contributed by atoms with Gasteiger partial charge in [0.15, 0.2) is 5.69 Å². The number of aliphatic carboxylic acids is 1. The first kappa shape index (κ1) is 16.7. The zero-order chi connectivity index (χ0) is 17.0. The molecular weight excluding hydrogens is 296 g/mol. The highest BCUT2D eigenvalue weighted by Crippen LogP contribution is 2.21. The third kappa shape index (κ3) is 3.94. The zero-order valence-corrected chi connectivity index (χ0v) is 13.4. The van der Waals surface area contributed by atoms with Crippen molar-refractivity contribution in [3.05, 3.63) is 42.2 Å². The lowest BCUT2D eigenvalue weighted by Crippen LogP contribution is -2.51. The molecule has 7 heteroatoms. The van der Waals surface area contributed by atoms with Crippen molar-refractivity contribution in [1.82, 2.24) is 20.3 Å². The van der Waals surface area contributed by atoms with Crippen LogP contribution < -0.4 is 5.32 Å².